The number of guanidine groups is 1. The molecule has 1 aromatic rings. The fraction of sp³-hybridized carbons (Fsp3) is 0.632. The molecule has 1 saturated heterocycles. The summed E-state index contributed by atoms with van der Waals surface area (Å²) in [5, 5.41) is 6.31. The van der Waals surface area contributed by atoms with Crippen molar-refractivity contribution in [3.63, 3.8) is 0 Å². The molecule has 27 heavy (non-hydrogen) atoms. The van der Waals surface area contributed by atoms with E-state index in [2.05, 4.69) is 51.7 Å². The fourth-order valence-corrected chi connectivity index (χ4v) is 3.11. The summed E-state index contributed by atoms with van der Waals surface area (Å²) >= 11 is 0. The molecule has 8 heteroatoms. The molecule has 0 aromatic heterocycles. The normalized spacial score (nSPS) is 16.7. The maximum atomic E-state index is 12.3. The second kappa shape index (κ2) is 11.7. The lowest BCUT2D eigenvalue weighted by molar-refractivity contribution is -0.132. The van der Waals surface area contributed by atoms with Crippen LogP contribution in [0.15, 0.2) is 29.3 Å². The SMILES string of the molecule is CCNC(=NCCC(F)(F)F)NC1CCN(Cc2cccc(C)c2)CC1.I. The Morgan fingerprint density at radius 1 is 1.26 bits per heavy atom. The van der Waals surface area contributed by atoms with Gasteiger partial charge in [-0.15, -0.1) is 24.0 Å². The monoisotopic (exact) mass is 498 g/mol. The minimum absolute atomic E-state index is 0. The Kier molecular flexibility index (Phi) is 10.4. The van der Waals surface area contributed by atoms with Crippen LogP contribution < -0.4 is 10.6 Å². The molecule has 0 aliphatic carbocycles. The molecular formula is C19H30F3IN4. The highest BCUT2D eigenvalue weighted by molar-refractivity contribution is 14.0. The number of nitrogens with zero attached hydrogens (tertiary/aromatic N) is 2. The summed E-state index contributed by atoms with van der Waals surface area (Å²) in [5.74, 6) is 0.480. The molecule has 154 valence electrons. The van der Waals surface area contributed by atoms with Crippen LogP contribution in [-0.4, -0.2) is 49.3 Å². The van der Waals surface area contributed by atoms with Crippen LogP contribution in [0.4, 0.5) is 13.2 Å². The first-order valence-corrected chi connectivity index (χ1v) is 9.25. The number of hydrogen-bond acceptors (Lipinski definition) is 2. The average Bonchev–Trinajstić information content (AvgIpc) is 2.56. The number of aliphatic imine (C=N–C) groups is 1. The highest BCUT2D eigenvalue weighted by Crippen LogP contribution is 2.19. The molecule has 0 radical (unpaired) electrons. The fourth-order valence-electron chi connectivity index (χ4n) is 3.11. The number of halogens is 4. The molecule has 2 rings (SSSR count). The van der Waals surface area contributed by atoms with Crippen LogP contribution in [-0.2, 0) is 6.54 Å². The van der Waals surface area contributed by atoms with E-state index < -0.39 is 12.6 Å². The van der Waals surface area contributed by atoms with Gasteiger partial charge in [-0.05, 0) is 32.3 Å². The summed E-state index contributed by atoms with van der Waals surface area (Å²) < 4.78 is 36.8. The third-order valence-electron chi connectivity index (χ3n) is 4.43. The van der Waals surface area contributed by atoms with Crippen LogP contribution >= 0.6 is 24.0 Å². The average molecular weight is 498 g/mol. The van der Waals surface area contributed by atoms with Gasteiger partial charge in [-0.2, -0.15) is 13.2 Å². The van der Waals surface area contributed by atoms with E-state index in [0.29, 0.717) is 12.5 Å². The first-order chi connectivity index (χ1) is 12.4. The van der Waals surface area contributed by atoms with E-state index in [-0.39, 0.29) is 36.6 Å². The maximum Gasteiger partial charge on any atom is 0.390 e. The summed E-state index contributed by atoms with van der Waals surface area (Å²) in [5.41, 5.74) is 2.59. The molecule has 1 aliphatic heterocycles. The van der Waals surface area contributed by atoms with Crippen molar-refractivity contribution in [3.05, 3.63) is 35.4 Å². The Morgan fingerprint density at radius 2 is 1.96 bits per heavy atom. The maximum absolute atomic E-state index is 12.3. The van der Waals surface area contributed by atoms with E-state index in [4.69, 9.17) is 0 Å². The van der Waals surface area contributed by atoms with Crippen molar-refractivity contribution in [2.45, 2.75) is 51.9 Å². The molecule has 0 amide bonds. The van der Waals surface area contributed by atoms with Crippen molar-refractivity contribution in [3.8, 4) is 0 Å². The third kappa shape index (κ3) is 9.64. The number of nitrogens with one attached hydrogen (secondary N) is 2. The van der Waals surface area contributed by atoms with Crippen molar-refractivity contribution >= 4 is 29.9 Å². The van der Waals surface area contributed by atoms with Gasteiger partial charge in [0.05, 0.1) is 13.0 Å². The van der Waals surface area contributed by atoms with E-state index in [1.54, 1.807) is 0 Å². The molecule has 0 saturated carbocycles. The Balaban J connectivity index is 0.00000364. The smallest absolute Gasteiger partial charge is 0.357 e. The quantitative estimate of drug-likeness (QED) is 0.353. The molecule has 1 heterocycles. The van der Waals surface area contributed by atoms with E-state index in [1.165, 1.54) is 11.1 Å². The molecule has 1 aliphatic rings. The zero-order valence-electron chi connectivity index (χ0n) is 16.0. The largest absolute Gasteiger partial charge is 0.390 e. The third-order valence-corrected chi connectivity index (χ3v) is 4.43. The number of aryl methyl sites for hydroxylation is 1. The molecule has 1 fully saturated rings. The van der Waals surface area contributed by atoms with Crippen molar-refractivity contribution in [1.29, 1.82) is 0 Å². The lowest BCUT2D eigenvalue weighted by atomic mass is 10.0. The summed E-state index contributed by atoms with van der Waals surface area (Å²) in [7, 11) is 0. The number of likely N-dealkylation sites (tertiary alicyclic amines) is 1. The number of alkyl halides is 3. The summed E-state index contributed by atoms with van der Waals surface area (Å²) in [6.07, 6.45) is -3.15. The first-order valence-electron chi connectivity index (χ1n) is 9.25. The Bertz CT molecular complexity index is 585. The van der Waals surface area contributed by atoms with Gasteiger partial charge in [-0.1, -0.05) is 29.8 Å². The van der Waals surface area contributed by atoms with Crippen LogP contribution in [0.3, 0.4) is 0 Å². The van der Waals surface area contributed by atoms with E-state index in [1.807, 2.05) is 6.92 Å². The Labute approximate surface area is 177 Å². The van der Waals surface area contributed by atoms with Gasteiger partial charge in [0.25, 0.3) is 0 Å². The molecule has 0 atom stereocenters. The highest BCUT2D eigenvalue weighted by atomic mass is 127. The number of benzene rings is 1. The lowest BCUT2D eigenvalue weighted by Gasteiger charge is -2.33. The summed E-state index contributed by atoms with van der Waals surface area (Å²) in [4.78, 5) is 6.47. The van der Waals surface area contributed by atoms with Gasteiger partial charge >= 0.3 is 6.18 Å². The van der Waals surface area contributed by atoms with Gasteiger partial charge in [-0.25, -0.2) is 0 Å². The molecule has 0 unspecified atom stereocenters. The van der Waals surface area contributed by atoms with Crippen molar-refractivity contribution in [2.75, 3.05) is 26.2 Å². The van der Waals surface area contributed by atoms with Gasteiger partial charge in [-0.3, -0.25) is 9.89 Å². The van der Waals surface area contributed by atoms with Crippen molar-refractivity contribution in [2.24, 2.45) is 4.99 Å². The van der Waals surface area contributed by atoms with Gasteiger partial charge in [0.2, 0.25) is 0 Å². The van der Waals surface area contributed by atoms with Gasteiger partial charge in [0.15, 0.2) is 5.96 Å². The number of hydrogen-bond donors (Lipinski definition) is 2. The predicted molar refractivity (Wildman–Crippen MR) is 115 cm³/mol. The minimum atomic E-state index is -4.16. The van der Waals surface area contributed by atoms with Gasteiger partial charge in [0.1, 0.15) is 0 Å². The minimum Gasteiger partial charge on any atom is -0.357 e. The number of piperidine rings is 1. The van der Waals surface area contributed by atoms with E-state index in [0.717, 1.165) is 32.5 Å². The summed E-state index contributed by atoms with van der Waals surface area (Å²) in [6, 6.07) is 8.78. The zero-order chi connectivity index (χ0) is 19.0. The van der Waals surface area contributed by atoms with Gasteiger partial charge < -0.3 is 10.6 Å². The van der Waals surface area contributed by atoms with Crippen LogP contribution in [0, 0.1) is 6.92 Å². The number of rotatable bonds is 6. The second-order valence-electron chi connectivity index (χ2n) is 6.81. The van der Waals surface area contributed by atoms with Crippen LogP contribution in [0.5, 0.6) is 0 Å². The van der Waals surface area contributed by atoms with Gasteiger partial charge in [0, 0.05) is 32.2 Å². The van der Waals surface area contributed by atoms with Crippen molar-refractivity contribution < 1.29 is 13.2 Å². The zero-order valence-corrected chi connectivity index (χ0v) is 18.3. The standard InChI is InChI=1S/C19H29F3N4.HI/c1-3-23-18(24-10-9-19(20,21)22)25-17-7-11-26(12-8-17)14-16-6-4-5-15(2)13-16;/h4-6,13,17H,3,7-12,14H2,1-2H3,(H2,23,24,25);1H. The lowest BCUT2D eigenvalue weighted by Crippen LogP contribution is -2.48. The molecule has 0 bridgehead atoms. The molecule has 1 aromatic carbocycles. The predicted octanol–water partition coefficient (Wildman–Crippen LogP) is 4.08. The van der Waals surface area contributed by atoms with Crippen molar-refractivity contribution in [1.82, 2.24) is 15.5 Å². The van der Waals surface area contributed by atoms with E-state index in [9.17, 15) is 13.2 Å². The Morgan fingerprint density at radius 3 is 2.56 bits per heavy atom. The first kappa shape index (κ1) is 24.0. The summed E-state index contributed by atoms with van der Waals surface area (Å²) in [6.45, 7) is 7.26. The van der Waals surface area contributed by atoms with Crippen LogP contribution in [0.25, 0.3) is 0 Å². The van der Waals surface area contributed by atoms with Crippen LogP contribution in [0.2, 0.25) is 0 Å². The second-order valence-corrected chi connectivity index (χ2v) is 6.81. The molecule has 0 spiro atoms. The highest BCUT2D eigenvalue weighted by Gasteiger charge is 2.26. The topological polar surface area (TPSA) is 39.7 Å². The molecule has 2 N–H and O–H groups in total. The Hall–Kier alpha value is -1.03. The van der Waals surface area contributed by atoms with E-state index >= 15 is 0 Å². The van der Waals surface area contributed by atoms with Crippen LogP contribution in [0.1, 0.15) is 37.3 Å². The molecule has 4 nitrogen and oxygen atoms in total. The molecular weight excluding hydrogens is 468 g/mol.